The molecule has 0 saturated heterocycles. The SMILES string of the molecule is CC1=CC(c2ccc(Cc3cc4c(cc3C)CN([C@H]3CCC[C@@H]3O)C4=O)cc2)=CNN1. The first-order valence-corrected chi connectivity index (χ1v) is 11.1. The van der Waals surface area contributed by atoms with Crippen LogP contribution < -0.4 is 10.9 Å². The number of carbonyl (C=O) groups is 1. The second kappa shape index (κ2) is 7.89. The van der Waals surface area contributed by atoms with Gasteiger partial charge in [-0.25, -0.2) is 0 Å². The summed E-state index contributed by atoms with van der Waals surface area (Å²) in [6.45, 7) is 4.78. The Bertz CT molecular complexity index is 1080. The van der Waals surface area contributed by atoms with Gasteiger partial charge in [0.2, 0.25) is 0 Å². The molecule has 0 aromatic heterocycles. The van der Waals surface area contributed by atoms with Gasteiger partial charge in [0.1, 0.15) is 0 Å². The first kappa shape index (κ1) is 19.9. The highest BCUT2D eigenvalue weighted by atomic mass is 16.3. The summed E-state index contributed by atoms with van der Waals surface area (Å²) in [5.41, 5.74) is 15.1. The van der Waals surface area contributed by atoms with Crippen molar-refractivity contribution in [2.75, 3.05) is 0 Å². The van der Waals surface area contributed by atoms with Gasteiger partial charge in [-0.15, -0.1) is 0 Å². The molecule has 5 heteroatoms. The number of amides is 1. The van der Waals surface area contributed by atoms with Crippen LogP contribution in [0.5, 0.6) is 0 Å². The molecular formula is C26H29N3O2. The van der Waals surface area contributed by atoms with Crippen LogP contribution in [0.15, 0.2) is 54.4 Å². The number of carbonyl (C=O) groups excluding carboxylic acids is 1. The van der Waals surface area contributed by atoms with Crippen LogP contribution in [0.4, 0.5) is 0 Å². The van der Waals surface area contributed by atoms with E-state index < -0.39 is 0 Å². The van der Waals surface area contributed by atoms with E-state index >= 15 is 0 Å². The predicted molar refractivity (Wildman–Crippen MR) is 122 cm³/mol. The molecule has 2 aromatic rings. The number of nitrogens with zero attached hydrogens (tertiary/aromatic N) is 1. The van der Waals surface area contributed by atoms with E-state index in [1.54, 1.807) is 0 Å². The lowest BCUT2D eigenvalue weighted by molar-refractivity contribution is 0.0479. The van der Waals surface area contributed by atoms with Crippen LogP contribution in [-0.4, -0.2) is 28.1 Å². The molecule has 0 bridgehead atoms. The third-order valence-corrected chi connectivity index (χ3v) is 6.79. The second-order valence-corrected chi connectivity index (χ2v) is 9.00. The van der Waals surface area contributed by atoms with Crippen molar-refractivity contribution in [2.24, 2.45) is 0 Å². The van der Waals surface area contributed by atoms with Gasteiger partial charge >= 0.3 is 0 Å². The first-order valence-electron chi connectivity index (χ1n) is 11.1. The Hall–Kier alpha value is -3.05. The maximum Gasteiger partial charge on any atom is 0.254 e. The summed E-state index contributed by atoms with van der Waals surface area (Å²) in [5.74, 6) is 0.0741. The maximum absolute atomic E-state index is 13.1. The van der Waals surface area contributed by atoms with E-state index in [-0.39, 0.29) is 18.1 Å². The summed E-state index contributed by atoms with van der Waals surface area (Å²) in [7, 11) is 0. The number of hydrazine groups is 1. The summed E-state index contributed by atoms with van der Waals surface area (Å²) in [4.78, 5) is 15.0. The van der Waals surface area contributed by atoms with E-state index in [0.717, 1.165) is 48.1 Å². The molecule has 2 aliphatic heterocycles. The highest BCUT2D eigenvalue weighted by Gasteiger charge is 2.38. The zero-order valence-electron chi connectivity index (χ0n) is 18.1. The smallest absolute Gasteiger partial charge is 0.254 e. The van der Waals surface area contributed by atoms with Crippen molar-refractivity contribution in [1.82, 2.24) is 15.8 Å². The fourth-order valence-corrected chi connectivity index (χ4v) is 5.04. The van der Waals surface area contributed by atoms with Crippen LogP contribution in [0.1, 0.15) is 64.4 Å². The predicted octanol–water partition coefficient (Wildman–Crippen LogP) is 3.81. The molecule has 1 aliphatic carbocycles. The number of aliphatic hydroxyl groups is 1. The normalized spacial score (nSPS) is 22.5. The van der Waals surface area contributed by atoms with Crippen molar-refractivity contribution in [3.05, 3.63) is 87.8 Å². The molecule has 0 radical (unpaired) electrons. The number of allylic oxidation sites excluding steroid dienone is 3. The average Bonchev–Trinajstić information content (AvgIpc) is 3.32. The molecule has 2 aromatic carbocycles. The summed E-state index contributed by atoms with van der Waals surface area (Å²) in [6.07, 6.45) is 7.18. The van der Waals surface area contributed by atoms with Crippen LogP contribution >= 0.6 is 0 Å². The summed E-state index contributed by atoms with van der Waals surface area (Å²) >= 11 is 0. The quantitative estimate of drug-likeness (QED) is 0.711. The standard InChI is InChI=1S/C26H29N3O2/c1-16-10-22-15-29(24-4-3-5-25(24)30)26(31)23(22)13-20(16)12-18-6-8-19(9-7-18)21-11-17(2)28-27-14-21/h6-11,13-14,24-25,27-28,30H,3-5,12,15H2,1-2H3/t24-,25-/m0/s1. The van der Waals surface area contributed by atoms with Crippen LogP contribution in [0, 0.1) is 6.92 Å². The molecule has 31 heavy (non-hydrogen) atoms. The van der Waals surface area contributed by atoms with E-state index in [1.165, 1.54) is 22.3 Å². The monoisotopic (exact) mass is 415 g/mol. The molecule has 0 spiro atoms. The van der Waals surface area contributed by atoms with Gasteiger partial charge in [0.25, 0.3) is 5.91 Å². The number of rotatable bonds is 4. The Kier molecular flexibility index (Phi) is 5.06. The van der Waals surface area contributed by atoms with Crippen molar-refractivity contribution in [1.29, 1.82) is 0 Å². The lowest BCUT2D eigenvalue weighted by Crippen LogP contribution is -2.40. The highest BCUT2D eigenvalue weighted by Crippen LogP contribution is 2.33. The minimum absolute atomic E-state index is 0.0346. The lowest BCUT2D eigenvalue weighted by Gasteiger charge is -2.26. The number of benzene rings is 2. The molecule has 5 nitrogen and oxygen atoms in total. The van der Waals surface area contributed by atoms with Gasteiger partial charge < -0.3 is 20.9 Å². The Balaban J connectivity index is 1.35. The van der Waals surface area contributed by atoms with Crippen molar-refractivity contribution in [3.8, 4) is 0 Å². The topological polar surface area (TPSA) is 64.6 Å². The maximum atomic E-state index is 13.1. The van der Waals surface area contributed by atoms with Gasteiger partial charge in [-0.2, -0.15) is 0 Å². The van der Waals surface area contributed by atoms with Crippen LogP contribution in [0.3, 0.4) is 0 Å². The minimum Gasteiger partial charge on any atom is -0.391 e. The summed E-state index contributed by atoms with van der Waals surface area (Å²) in [5, 5.41) is 10.3. The van der Waals surface area contributed by atoms with Gasteiger partial charge in [0.15, 0.2) is 0 Å². The molecule has 1 saturated carbocycles. The largest absolute Gasteiger partial charge is 0.391 e. The number of nitrogens with one attached hydrogen (secondary N) is 2. The molecule has 0 unspecified atom stereocenters. The zero-order valence-corrected chi connectivity index (χ0v) is 18.1. The van der Waals surface area contributed by atoms with Gasteiger partial charge in [-0.3, -0.25) is 4.79 Å². The van der Waals surface area contributed by atoms with E-state index in [1.807, 2.05) is 18.0 Å². The van der Waals surface area contributed by atoms with Crippen LogP contribution in [0.25, 0.3) is 5.57 Å². The van der Waals surface area contributed by atoms with E-state index in [9.17, 15) is 9.90 Å². The number of aliphatic hydroxyl groups excluding tert-OH is 1. The Labute approximate surface area is 183 Å². The van der Waals surface area contributed by atoms with E-state index in [2.05, 4.69) is 60.2 Å². The first-order chi connectivity index (χ1) is 15.0. The fourth-order valence-electron chi connectivity index (χ4n) is 5.04. The molecular weight excluding hydrogens is 386 g/mol. The lowest BCUT2D eigenvalue weighted by atomic mass is 9.94. The molecule has 3 N–H and O–H groups in total. The third kappa shape index (κ3) is 3.74. The molecule has 2 heterocycles. The van der Waals surface area contributed by atoms with Crippen molar-refractivity contribution in [2.45, 2.75) is 58.2 Å². The number of fused-ring (bicyclic) bond motifs is 1. The van der Waals surface area contributed by atoms with Crippen molar-refractivity contribution in [3.63, 3.8) is 0 Å². The summed E-state index contributed by atoms with van der Waals surface area (Å²) < 4.78 is 0. The van der Waals surface area contributed by atoms with Crippen molar-refractivity contribution < 1.29 is 9.90 Å². The summed E-state index contributed by atoms with van der Waals surface area (Å²) in [6, 6.07) is 12.8. The van der Waals surface area contributed by atoms with Crippen LogP contribution in [0.2, 0.25) is 0 Å². The Morgan fingerprint density at radius 2 is 1.94 bits per heavy atom. The van der Waals surface area contributed by atoms with E-state index in [0.29, 0.717) is 6.54 Å². The number of aryl methyl sites for hydroxylation is 1. The second-order valence-electron chi connectivity index (χ2n) is 9.00. The van der Waals surface area contributed by atoms with E-state index in [4.69, 9.17) is 0 Å². The number of hydrogen-bond acceptors (Lipinski definition) is 4. The van der Waals surface area contributed by atoms with Gasteiger partial charge in [-0.1, -0.05) is 30.3 Å². The Morgan fingerprint density at radius 3 is 2.65 bits per heavy atom. The Morgan fingerprint density at radius 1 is 1.13 bits per heavy atom. The van der Waals surface area contributed by atoms with Gasteiger partial charge in [0, 0.05) is 29.6 Å². The van der Waals surface area contributed by atoms with Crippen LogP contribution in [-0.2, 0) is 13.0 Å². The number of hydrogen-bond donors (Lipinski definition) is 3. The average molecular weight is 416 g/mol. The highest BCUT2D eigenvalue weighted by molar-refractivity contribution is 5.99. The minimum atomic E-state index is -0.388. The fraction of sp³-hybridized carbons (Fsp3) is 0.346. The molecule has 1 amide bonds. The van der Waals surface area contributed by atoms with Crippen molar-refractivity contribution >= 4 is 11.5 Å². The molecule has 3 aliphatic rings. The van der Waals surface area contributed by atoms with Gasteiger partial charge in [-0.05, 0) is 79.5 Å². The zero-order chi connectivity index (χ0) is 21.5. The third-order valence-electron chi connectivity index (χ3n) is 6.79. The molecule has 2 atom stereocenters. The molecule has 5 rings (SSSR count). The molecule has 160 valence electrons. The molecule has 1 fully saturated rings. The van der Waals surface area contributed by atoms with Gasteiger partial charge in [0.05, 0.1) is 12.1 Å².